The molecule has 0 bridgehead atoms. The Hall–Kier alpha value is -2.08. The summed E-state index contributed by atoms with van der Waals surface area (Å²) in [5.41, 5.74) is 0.460. The molecule has 0 aliphatic heterocycles. The Labute approximate surface area is 123 Å². The van der Waals surface area contributed by atoms with Crippen molar-refractivity contribution in [1.29, 1.82) is 0 Å². The summed E-state index contributed by atoms with van der Waals surface area (Å²) in [6.07, 6.45) is 2.47. The Morgan fingerprint density at radius 3 is 2.76 bits per heavy atom. The molecule has 6 heteroatoms. The van der Waals surface area contributed by atoms with Crippen molar-refractivity contribution in [3.8, 4) is 0 Å². The molecule has 2 rings (SSSR count). The number of hydrogen-bond acceptors (Lipinski definition) is 3. The first-order valence-electron chi connectivity index (χ1n) is 7.01. The summed E-state index contributed by atoms with van der Waals surface area (Å²) in [5.74, 6) is -0.358. The average Bonchev–Trinajstić information content (AvgIpc) is 3.30. The number of rotatable bonds is 7. The van der Waals surface area contributed by atoms with Crippen LogP contribution in [0.2, 0.25) is 0 Å². The number of aromatic carboxylic acids is 1. The highest BCUT2D eigenvalue weighted by molar-refractivity contribution is 6.01. The van der Waals surface area contributed by atoms with Crippen molar-refractivity contribution in [1.82, 2.24) is 5.32 Å². The van der Waals surface area contributed by atoms with E-state index in [9.17, 15) is 9.59 Å². The van der Waals surface area contributed by atoms with E-state index in [1.54, 1.807) is 25.2 Å². The first-order chi connectivity index (χ1) is 10.1. The van der Waals surface area contributed by atoms with Gasteiger partial charge in [0, 0.05) is 20.2 Å². The second kappa shape index (κ2) is 7.08. The van der Waals surface area contributed by atoms with Crippen LogP contribution in [0.4, 0.5) is 10.5 Å². The number of para-hydroxylation sites is 1. The fourth-order valence-corrected chi connectivity index (χ4v) is 1.94. The number of carbonyl (C=O) groups is 2. The van der Waals surface area contributed by atoms with Gasteiger partial charge in [0.25, 0.3) is 0 Å². The molecule has 0 atom stereocenters. The summed E-state index contributed by atoms with van der Waals surface area (Å²) in [7, 11) is 1.54. The van der Waals surface area contributed by atoms with Gasteiger partial charge in [-0.3, -0.25) is 4.90 Å². The van der Waals surface area contributed by atoms with Crippen LogP contribution in [0.5, 0.6) is 0 Å². The molecule has 0 spiro atoms. The van der Waals surface area contributed by atoms with Crippen molar-refractivity contribution < 1.29 is 19.4 Å². The molecule has 21 heavy (non-hydrogen) atoms. The van der Waals surface area contributed by atoms with Crippen molar-refractivity contribution >= 4 is 17.7 Å². The first kappa shape index (κ1) is 15.3. The van der Waals surface area contributed by atoms with Crippen molar-refractivity contribution in [2.45, 2.75) is 12.8 Å². The Kier molecular flexibility index (Phi) is 5.16. The average molecular weight is 292 g/mol. The van der Waals surface area contributed by atoms with Gasteiger partial charge >= 0.3 is 12.0 Å². The minimum absolute atomic E-state index is 0.0973. The van der Waals surface area contributed by atoms with E-state index in [0.29, 0.717) is 24.8 Å². The number of anilines is 1. The van der Waals surface area contributed by atoms with Gasteiger partial charge in [0.2, 0.25) is 0 Å². The van der Waals surface area contributed by atoms with Crippen LogP contribution in [0, 0.1) is 5.92 Å². The first-order valence-corrected chi connectivity index (χ1v) is 7.01. The number of benzene rings is 1. The number of nitrogens with one attached hydrogen (secondary N) is 1. The molecule has 1 aliphatic rings. The third kappa shape index (κ3) is 4.46. The molecule has 1 saturated carbocycles. The molecule has 0 unspecified atom stereocenters. The molecule has 0 heterocycles. The summed E-state index contributed by atoms with van der Waals surface area (Å²) >= 11 is 0. The number of ether oxygens (including phenoxy) is 1. The maximum Gasteiger partial charge on any atom is 0.337 e. The summed E-state index contributed by atoms with van der Waals surface area (Å²) in [6, 6.07) is 6.06. The van der Waals surface area contributed by atoms with Crippen LogP contribution < -0.4 is 10.2 Å². The number of hydrogen-bond donors (Lipinski definition) is 2. The molecule has 6 nitrogen and oxygen atoms in total. The lowest BCUT2D eigenvalue weighted by molar-refractivity contribution is 0.0697. The molecule has 114 valence electrons. The number of nitrogens with zero attached hydrogens (tertiary/aromatic N) is 1. The molecule has 1 fully saturated rings. The number of urea groups is 1. The largest absolute Gasteiger partial charge is 0.478 e. The van der Waals surface area contributed by atoms with E-state index in [-0.39, 0.29) is 11.6 Å². The maximum atomic E-state index is 12.0. The summed E-state index contributed by atoms with van der Waals surface area (Å²) < 4.78 is 5.43. The van der Waals surface area contributed by atoms with E-state index in [2.05, 4.69) is 5.32 Å². The van der Waals surface area contributed by atoms with E-state index < -0.39 is 5.97 Å². The van der Waals surface area contributed by atoms with Crippen molar-refractivity contribution in [2.24, 2.45) is 5.92 Å². The Bertz CT molecular complexity index is 514. The fourth-order valence-electron chi connectivity index (χ4n) is 1.94. The number of carboxylic acid groups (broad SMARTS) is 1. The number of carboxylic acids is 1. The Morgan fingerprint density at radius 1 is 1.38 bits per heavy atom. The van der Waals surface area contributed by atoms with Gasteiger partial charge in [-0.25, -0.2) is 9.59 Å². The van der Waals surface area contributed by atoms with E-state index in [1.807, 2.05) is 0 Å². The molecular formula is C15H20N2O4. The molecule has 1 aromatic rings. The van der Waals surface area contributed by atoms with Gasteiger partial charge in [-0.2, -0.15) is 0 Å². The number of carbonyl (C=O) groups excluding carboxylic acids is 1. The summed E-state index contributed by atoms with van der Waals surface area (Å²) in [5, 5.41) is 11.8. The molecule has 0 radical (unpaired) electrons. The maximum absolute atomic E-state index is 12.0. The molecular weight excluding hydrogens is 272 g/mol. The third-order valence-corrected chi connectivity index (χ3v) is 3.37. The lowest BCUT2D eigenvalue weighted by Gasteiger charge is -2.19. The zero-order valence-corrected chi connectivity index (χ0v) is 12.0. The normalized spacial score (nSPS) is 13.8. The third-order valence-electron chi connectivity index (χ3n) is 3.37. The quantitative estimate of drug-likeness (QED) is 0.753. The topological polar surface area (TPSA) is 78.9 Å². The van der Waals surface area contributed by atoms with Crippen LogP contribution in [-0.2, 0) is 4.74 Å². The second-order valence-corrected chi connectivity index (χ2v) is 5.13. The highest BCUT2D eigenvalue weighted by atomic mass is 16.5. The summed E-state index contributed by atoms with van der Waals surface area (Å²) in [4.78, 5) is 24.4. The van der Waals surface area contributed by atoms with Gasteiger partial charge in [-0.15, -0.1) is 0 Å². The van der Waals surface area contributed by atoms with Gasteiger partial charge in [0.05, 0.1) is 17.9 Å². The fraction of sp³-hybridized carbons (Fsp3) is 0.467. The molecule has 0 saturated heterocycles. The van der Waals surface area contributed by atoms with Crippen molar-refractivity contribution in [3.05, 3.63) is 29.8 Å². The van der Waals surface area contributed by atoms with Crippen LogP contribution in [0.1, 0.15) is 23.2 Å². The van der Waals surface area contributed by atoms with E-state index in [4.69, 9.17) is 9.84 Å². The minimum Gasteiger partial charge on any atom is -0.478 e. The van der Waals surface area contributed by atoms with E-state index in [0.717, 1.165) is 6.61 Å². The summed E-state index contributed by atoms with van der Waals surface area (Å²) in [6.45, 7) is 1.63. The lowest BCUT2D eigenvalue weighted by atomic mass is 10.1. The molecule has 2 N–H and O–H groups in total. The van der Waals surface area contributed by atoms with Crippen LogP contribution in [-0.4, -0.2) is 43.9 Å². The minimum atomic E-state index is -1.06. The highest BCUT2D eigenvalue weighted by Crippen LogP contribution is 2.28. The SMILES string of the molecule is CN(C(=O)NCCOCC1CC1)c1ccccc1C(=O)O. The smallest absolute Gasteiger partial charge is 0.337 e. The monoisotopic (exact) mass is 292 g/mol. The Balaban J connectivity index is 1.82. The highest BCUT2D eigenvalue weighted by Gasteiger charge is 2.21. The van der Waals surface area contributed by atoms with Gasteiger partial charge in [-0.1, -0.05) is 12.1 Å². The van der Waals surface area contributed by atoms with Gasteiger partial charge in [-0.05, 0) is 30.9 Å². The number of amides is 2. The van der Waals surface area contributed by atoms with Crippen molar-refractivity contribution in [2.75, 3.05) is 31.7 Å². The van der Waals surface area contributed by atoms with E-state index in [1.165, 1.54) is 23.8 Å². The zero-order chi connectivity index (χ0) is 15.2. The molecule has 0 aromatic heterocycles. The predicted molar refractivity (Wildman–Crippen MR) is 78.7 cm³/mol. The van der Waals surface area contributed by atoms with E-state index >= 15 is 0 Å². The van der Waals surface area contributed by atoms with Crippen LogP contribution >= 0.6 is 0 Å². The van der Waals surface area contributed by atoms with Crippen molar-refractivity contribution in [3.63, 3.8) is 0 Å². The van der Waals surface area contributed by atoms with Crippen LogP contribution in [0.15, 0.2) is 24.3 Å². The second-order valence-electron chi connectivity index (χ2n) is 5.13. The predicted octanol–water partition coefficient (Wildman–Crippen LogP) is 1.96. The lowest BCUT2D eigenvalue weighted by Crippen LogP contribution is -2.39. The molecule has 2 amide bonds. The molecule has 1 aliphatic carbocycles. The molecule has 1 aromatic carbocycles. The van der Waals surface area contributed by atoms with Crippen LogP contribution in [0.3, 0.4) is 0 Å². The standard InChI is InChI=1S/C15H20N2O4/c1-17(13-5-3-2-4-12(13)14(18)19)15(20)16-8-9-21-10-11-6-7-11/h2-5,11H,6-10H2,1H3,(H,16,20)(H,18,19). The Morgan fingerprint density at radius 2 is 2.10 bits per heavy atom. The van der Waals surface area contributed by atoms with Crippen LogP contribution in [0.25, 0.3) is 0 Å². The van der Waals surface area contributed by atoms with Gasteiger partial charge in [0.15, 0.2) is 0 Å². The van der Waals surface area contributed by atoms with Gasteiger partial charge < -0.3 is 15.2 Å². The van der Waals surface area contributed by atoms with Gasteiger partial charge in [0.1, 0.15) is 0 Å². The zero-order valence-electron chi connectivity index (χ0n) is 12.0.